The molecule has 25 heavy (non-hydrogen) atoms. The Morgan fingerprint density at radius 2 is 2.12 bits per heavy atom. The Hall–Kier alpha value is -2.14. The number of nitrogens with zero attached hydrogens (tertiary/aromatic N) is 4. The minimum Gasteiger partial charge on any atom is -0.335 e. The highest BCUT2D eigenvalue weighted by Crippen LogP contribution is 2.24. The van der Waals surface area contributed by atoms with Crippen molar-refractivity contribution in [2.45, 2.75) is 38.8 Å². The van der Waals surface area contributed by atoms with Crippen molar-refractivity contribution < 1.29 is 4.79 Å². The molecule has 1 aliphatic heterocycles. The Morgan fingerprint density at radius 3 is 2.88 bits per heavy atom. The molecular formula is C20H28N4O. The average molecular weight is 340 g/mol. The van der Waals surface area contributed by atoms with Gasteiger partial charge in [0.25, 0.3) is 0 Å². The van der Waals surface area contributed by atoms with Crippen LogP contribution in [0.3, 0.4) is 0 Å². The van der Waals surface area contributed by atoms with Crippen LogP contribution in [0.4, 0.5) is 0 Å². The van der Waals surface area contributed by atoms with Gasteiger partial charge in [0.2, 0.25) is 5.91 Å². The highest BCUT2D eigenvalue weighted by molar-refractivity contribution is 5.76. The van der Waals surface area contributed by atoms with Crippen LogP contribution in [0.2, 0.25) is 0 Å². The van der Waals surface area contributed by atoms with Gasteiger partial charge in [0.05, 0.1) is 24.6 Å². The van der Waals surface area contributed by atoms with Crippen molar-refractivity contribution in [3.63, 3.8) is 0 Å². The Balaban J connectivity index is 1.64. The van der Waals surface area contributed by atoms with E-state index in [4.69, 9.17) is 0 Å². The summed E-state index contributed by atoms with van der Waals surface area (Å²) in [5.74, 6) is 0.241. The van der Waals surface area contributed by atoms with Crippen LogP contribution in [0.5, 0.6) is 0 Å². The first kappa shape index (κ1) is 17.7. The number of imidazole rings is 1. The molecule has 1 aromatic heterocycles. The molecule has 0 bridgehead atoms. The number of hydrogen-bond acceptors (Lipinski definition) is 3. The summed E-state index contributed by atoms with van der Waals surface area (Å²) in [4.78, 5) is 21.3. The van der Waals surface area contributed by atoms with Crippen molar-refractivity contribution in [2.24, 2.45) is 0 Å². The lowest BCUT2D eigenvalue weighted by molar-refractivity contribution is -0.133. The summed E-state index contributed by atoms with van der Waals surface area (Å²) in [6, 6.07) is 8.63. The van der Waals surface area contributed by atoms with Crippen molar-refractivity contribution in [3.8, 4) is 0 Å². The molecule has 134 valence electrons. The maximum atomic E-state index is 12.8. The van der Waals surface area contributed by atoms with E-state index in [-0.39, 0.29) is 5.91 Å². The average Bonchev–Trinajstić information content (AvgIpc) is 3.07. The molecule has 0 spiro atoms. The third-order valence-corrected chi connectivity index (χ3v) is 5.06. The van der Waals surface area contributed by atoms with Gasteiger partial charge in [0.1, 0.15) is 0 Å². The number of rotatable bonds is 6. The molecule has 1 aliphatic rings. The first-order valence-corrected chi connectivity index (χ1v) is 9.02. The first-order chi connectivity index (χ1) is 12.0. The van der Waals surface area contributed by atoms with Crippen molar-refractivity contribution >= 4 is 5.91 Å². The monoisotopic (exact) mass is 340 g/mol. The molecule has 0 radical (unpaired) electrons. The SMILES string of the molecule is Cc1ccccc1CCC(=O)N1Cc2cncn2C(CCN(C)C)C1. The van der Waals surface area contributed by atoms with E-state index in [0.29, 0.717) is 19.0 Å². The molecule has 0 aliphatic carbocycles. The molecule has 0 N–H and O–H groups in total. The van der Waals surface area contributed by atoms with Gasteiger partial charge in [-0.25, -0.2) is 4.98 Å². The van der Waals surface area contributed by atoms with Gasteiger partial charge in [0, 0.05) is 19.2 Å². The largest absolute Gasteiger partial charge is 0.335 e. The molecule has 5 nitrogen and oxygen atoms in total. The normalized spacial score (nSPS) is 17.0. The van der Waals surface area contributed by atoms with Crippen molar-refractivity contribution in [2.75, 3.05) is 27.2 Å². The zero-order chi connectivity index (χ0) is 17.8. The number of benzene rings is 1. The Labute approximate surface area is 150 Å². The van der Waals surface area contributed by atoms with E-state index in [1.54, 1.807) is 0 Å². The molecule has 0 saturated carbocycles. The molecule has 3 rings (SSSR count). The van der Waals surface area contributed by atoms with Crippen LogP contribution in [0, 0.1) is 6.92 Å². The predicted octanol–water partition coefficient (Wildman–Crippen LogP) is 2.66. The van der Waals surface area contributed by atoms with Crippen molar-refractivity contribution in [1.29, 1.82) is 0 Å². The molecule has 2 aromatic rings. The van der Waals surface area contributed by atoms with Gasteiger partial charge < -0.3 is 14.4 Å². The zero-order valence-electron chi connectivity index (χ0n) is 15.5. The predicted molar refractivity (Wildman–Crippen MR) is 99.4 cm³/mol. The second kappa shape index (κ2) is 7.83. The Bertz CT molecular complexity index is 722. The van der Waals surface area contributed by atoms with Gasteiger partial charge in [-0.2, -0.15) is 0 Å². The number of aromatic nitrogens is 2. The van der Waals surface area contributed by atoms with E-state index in [1.165, 1.54) is 11.1 Å². The third-order valence-electron chi connectivity index (χ3n) is 5.06. The standard InChI is InChI=1S/C20H28N4O/c1-16-6-4-5-7-17(16)8-9-20(25)23-13-18(10-11-22(2)3)24-15-21-12-19(24)14-23/h4-7,12,15,18H,8-11,13-14H2,1-3H3. The molecule has 2 heterocycles. The second-order valence-electron chi connectivity index (χ2n) is 7.24. The number of hydrogen-bond donors (Lipinski definition) is 0. The van der Waals surface area contributed by atoms with Crippen LogP contribution in [0.15, 0.2) is 36.8 Å². The van der Waals surface area contributed by atoms with Crippen LogP contribution >= 0.6 is 0 Å². The van der Waals surface area contributed by atoms with Crippen molar-refractivity contribution in [1.82, 2.24) is 19.4 Å². The van der Waals surface area contributed by atoms with Gasteiger partial charge in [-0.05, 0) is 51.5 Å². The summed E-state index contributed by atoms with van der Waals surface area (Å²) < 4.78 is 2.24. The fourth-order valence-electron chi connectivity index (χ4n) is 3.50. The summed E-state index contributed by atoms with van der Waals surface area (Å²) >= 11 is 0. The van der Waals surface area contributed by atoms with Gasteiger partial charge >= 0.3 is 0 Å². The molecule has 1 unspecified atom stereocenters. The van der Waals surface area contributed by atoms with Crippen LogP contribution in [-0.4, -0.2) is 52.4 Å². The quantitative estimate of drug-likeness (QED) is 0.812. The van der Waals surface area contributed by atoms with E-state index in [1.807, 2.05) is 29.6 Å². The lowest BCUT2D eigenvalue weighted by Gasteiger charge is -2.35. The molecule has 0 fully saturated rings. The number of carbonyl (C=O) groups is 1. The zero-order valence-corrected chi connectivity index (χ0v) is 15.5. The van der Waals surface area contributed by atoms with Crippen LogP contribution in [0.25, 0.3) is 0 Å². The first-order valence-electron chi connectivity index (χ1n) is 9.02. The molecule has 1 amide bonds. The molecule has 1 aromatic carbocycles. The lowest BCUT2D eigenvalue weighted by atomic mass is 10.0. The summed E-state index contributed by atoms with van der Waals surface area (Å²) in [5, 5.41) is 0. The summed E-state index contributed by atoms with van der Waals surface area (Å²) in [6.07, 6.45) is 6.20. The second-order valence-corrected chi connectivity index (χ2v) is 7.24. The van der Waals surface area contributed by atoms with Gasteiger partial charge in [-0.3, -0.25) is 4.79 Å². The number of amides is 1. The van der Waals surface area contributed by atoms with E-state index in [9.17, 15) is 4.79 Å². The fourth-order valence-corrected chi connectivity index (χ4v) is 3.50. The fraction of sp³-hybridized carbons (Fsp3) is 0.500. The van der Waals surface area contributed by atoms with Crippen LogP contribution in [0.1, 0.15) is 35.7 Å². The van der Waals surface area contributed by atoms with Crippen molar-refractivity contribution in [3.05, 3.63) is 53.6 Å². The smallest absolute Gasteiger partial charge is 0.223 e. The Kier molecular flexibility index (Phi) is 5.53. The summed E-state index contributed by atoms with van der Waals surface area (Å²) in [6.45, 7) is 4.57. The lowest BCUT2D eigenvalue weighted by Crippen LogP contribution is -2.41. The van der Waals surface area contributed by atoms with Gasteiger partial charge in [-0.15, -0.1) is 0 Å². The summed E-state index contributed by atoms with van der Waals surface area (Å²) in [5.41, 5.74) is 3.66. The van der Waals surface area contributed by atoms with E-state index in [2.05, 4.69) is 47.6 Å². The van der Waals surface area contributed by atoms with E-state index in [0.717, 1.165) is 31.6 Å². The van der Waals surface area contributed by atoms with E-state index < -0.39 is 0 Å². The van der Waals surface area contributed by atoms with Gasteiger partial charge in [0.15, 0.2) is 0 Å². The third kappa shape index (κ3) is 4.28. The number of fused-ring (bicyclic) bond motifs is 1. The topological polar surface area (TPSA) is 41.4 Å². The molecular weight excluding hydrogens is 312 g/mol. The Morgan fingerprint density at radius 1 is 1.32 bits per heavy atom. The van der Waals surface area contributed by atoms with Crippen LogP contribution < -0.4 is 0 Å². The maximum Gasteiger partial charge on any atom is 0.223 e. The van der Waals surface area contributed by atoms with Crippen LogP contribution in [-0.2, 0) is 17.8 Å². The minimum atomic E-state index is 0.241. The van der Waals surface area contributed by atoms with E-state index >= 15 is 0 Å². The number of carbonyl (C=O) groups excluding carboxylic acids is 1. The number of aryl methyl sites for hydroxylation is 2. The molecule has 5 heteroatoms. The minimum absolute atomic E-state index is 0.241. The highest BCUT2D eigenvalue weighted by atomic mass is 16.2. The molecule has 0 saturated heterocycles. The van der Waals surface area contributed by atoms with Gasteiger partial charge in [-0.1, -0.05) is 24.3 Å². The molecule has 1 atom stereocenters. The maximum absolute atomic E-state index is 12.8. The highest BCUT2D eigenvalue weighted by Gasteiger charge is 2.27. The summed E-state index contributed by atoms with van der Waals surface area (Å²) in [7, 11) is 4.17.